The van der Waals surface area contributed by atoms with Crippen molar-refractivity contribution < 1.29 is 9.90 Å². The third kappa shape index (κ3) is 2.25. The van der Waals surface area contributed by atoms with Gasteiger partial charge in [0.25, 0.3) is 0 Å². The van der Waals surface area contributed by atoms with Crippen molar-refractivity contribution in [2.75, 3.05) is 0 Å². The number of benzene rings is 1. The van der Waals surface area contributed by atoms with Gasteiger partial charge in [0.05, 0.1) is 5.52 Å². The van der Waals surface area contributed by atoms with Crippen LogP contribution in [0.2, 0.25) is 0 Å². The Bertz CT molecular complexity index is 750. The van der Waals surface area contributed by atoms with Crippen molar-refractivity contribution in [2.24, 2.45) is 0 Å². The number of aryl methyl sites for hydroxylation is 2. The lowest BCUT2D eigenvalue weighted by Crippen LogP contribution is -2.06. The van der Waals surface area contributed by atoms with Crippen LogP contribution in [0.25, 0.3) is 10.9 Å². The molecule has 3 rings (SSSR count). The lowest BCUT2D eigenvalue weighted by Gasteiger charge is -2.02. The number of rotatable bonds is 4. The Hall–Kier alpha value is -2.69. The van der Waals surface area contributed by atoms with E-state index < -0.39 is 5.97 Å². The number of pyridine rings is 1. The number of hydrogen-bond acceptors (Lipinski definition) is 3. The molecule has 2 heterocycles. The molecule has 5 heteroatoms. The molecular weight excluding hydrogens is 254 g/mol. The minimum atomic E-state index is -1.00. The van der Waals surface area contributed by atoms with Crippen LogP contribution in [0, 0.1) is 0 Å². The standard InChI is InChI=1S/C15H13N3O2/c19-15(20)14-12-6-1-2-7-13(12)18(17-14)10-8-11-5-3-4-9-16-11/h1-7,9H,8,10H2,(H,19,20). The lowest BCUT2D eigenvalue weighted by atomic mass is 10.2. The first-order valence-corrected chi connectivity index (χ1v) is 6.34. The first kappa shape index (κ1) is 12.3. The molecule has 1 aromatic carbocycles. The fourth-order valence-electron chi connectivity index (χ4n) is 2.22. The Morgan fingerprint density at radius 1 is 1.15 bits per heavy atom. The Morgan fingerprint density at radius 3 is 2.70 bits per heavy atom. The molecule has 0 aliphatic carbocycles. The maximum Gasteiger partial charge on any atom is 0.357 e. The summed E-state index contributed by atoms with van der Waals surface area (Å²) in [5.41, 5.74) is 1.89. The Kier molecular flexibility index (Phi) is 3.16. The average molecular weight is 267 g/mol. The number of aromatic carboxylic acids is 1. The quantitative estimate of drug-likeness (QED) is 0.788. The molecule has 2 aromatic heterocycles. The summed E-state index contributed by atoms with van der Waals surface area (Å²) in [6.07, 6.45) is 2.46. The molecule has 0 spiro atoms. The number of carboxylic acid groups (broad SMARTS) is 1. The van der Waals surface area contributed by atoms with Crippen LogP contribution in [0.5, 0.6) is 0 Å². The summed E-state index contributed by atoms with van der Waals surface area (Å²) < 4.78 is 1.73. The van der Waals surface area contributed by atoms with Gasteiger partial charge in [0, 0.05) is 30.2 Å². The van der Waals surface area contributed by atoms with E-state index in [1.54, 1.807) is 16.9 Å². The van der Waals surface area contributed by atoms with Gasteiger partial charge in [-0.15, -0.1) is 0 Å². The second-order valence-electron chi connectivity index (χ2n) is 4.47. The zero-order valence-electron chi connectivity index (χ0n) is 10.7. The van der Waals surface area contributed by atoms with Gasteiger partial charge in [-0.25, -0.2) is 4.79 Å². The second-order valence-corrected chi connectivity index (χ2v) is 4.47. The van der Waals surface area contributed by atoms with Gasteiger partial charge in [-0.3, -0.25) is 9.67 Å². The van der Waals surface area contributed by atoms with E-state index in [0.29, 0.717) is 18.4 Å². The highest BCUT2D eigenvalue weighted by molar-refractivity contribution is 6.01. The second kappa shape index (κ2) is 5.13. The van der Waals surface area contributed by atoms with E-state index in [0.717, 1.165) is 11.2 Å². The van der Waals surface area contributed by atoms with Crippen molar-refractivity contribution in [3.05, 3.63) is 60.0 Å². The summed E-state index contributed by atoms with van der Waals surface area (Å²) in [6.45, 7) is 0.602. The van der Waals surface area contributed by atoms with Crippen LogP contribution in [0.15, 0.2) is 48.7 Å². The molecule has 5 nitrogen and oxygen atoms in total. The van der Waals surface area contributed by atoms with Crippen molar-refractivity contribution in [3.8, 4) is 0 Å². The van der Waals surface area contributed by atoms with E-state index in [1.165, 1.54) is 0 Å². The molecule has 0 unspecified atom stereocenters. The predicted molar refractivity (Wildman–Crippen MR) is 74.6 cm³/mol. The van der Waals surface area contributed by atoms with Gasteiger partial charge in [0.2, 0.25) is 0 Å². The zero-order chi connectivity index (χ0) is 13.9. The molecule has 20 heavy (non-hydrogen) atoms. The number of fused-ring (bicyclic) bond motifs is 1. The predicted octanol–water partition coefficient (Wildman–Crippen LogP) is 2.37. The molecule has 1 N–H and O–H groups in total. The van der Waals surface area contributed by atoms with Crippen LogP contribution < -0.4 is 0 Å². The van der Waals surface area contributed by atoms with Crippen LogP contribution >= 0.6 is 0 Å². The zero-order valence-corrected chi connectivity index (χ0v) is 10.7. The molecule has 0 radical (unpaired) electrons. The van der Waals surface area contributed by atoms with Crippen LogP contribution in [0.1, 0.15) is 16.2 Å². The normalized spacial score (nSPS) is 10.8. The molecule has 0 atom stereocenters. The topological polar surface area (TPSA) is 68.0 Å². The fourth-order valence-corrected chi connectivity index (χ4v) is 2.22. The summed E-state index contributed by atoms with van der Waals surface area (Å²) in [5, 5.41) is 14.1. The number of hydrogen-bond donors (Lipinski definition) is 1. The van der Waals surface area contributed by atoms with Crippen molar-refractivity contribution >= 4 is 16.9 Å². The highest BCUT2D eigenvalue weighted by atomic mass is 16.4. The molecular formula is C15H13N3O2. The van der Waals surface area contributed by atoms with Crippen LogP contribution in [0.4, 0.5) is 0 Å². The monoisotopic (exact) mass is 267 g/mol. The molecule has 0 fully saturated rings. The number of nitrogens with zero attached hydrogens (tertiary/aromatic N) is 3. The molecule has 100 valence electrons. The highest BCUT2D eigenvalue weighted by Gasteiger charge is 2.15. The lowest BCUT2D eigenvalue weighted by molar-refractivity contribution is 0.0691. The van der Waals surface area contributed by atoms with E-state index in [1.807, 2.05) is 36.4 Å². The SMILES string of the molecule is O=C(O)c1nn(CCc2ccccn2)c2ccccc12. The van der Waals surface area contributed by atoms with E-state index >= 15 is 0 Å². The molecule has 0 aliphatic rings. The Balaban J connectivity index is 1.94. The molecule has 0 amide bonds. The van der Waals surface area contributed by atoms with E-state index in [2.05, 4.69) is 10.1 Å². The summed E-state index contributed by atoms with van der Waals surface area (Å²) in [6, 6.07) is 13.1. The largest absolute Gasteiger partial charge is 0.476 e. The third-order valence-corrected chi connectivity index (χ3v) is 3.17. The molecule has 0 aliphatic heterocycles. The van der Waals surface area contributed by atoms with Gasteiger partial charge in [-0.1, -0.05) is 24.3 Å². The Labute approximate surface area is 115 Å². The van der Waals surface area contributed by atoms with Gasteiger partial charge in [0.1, 0.15) is 0 Å². The van der Waals surface area contributed by atoms with Crippen LogP contribution in [0.3, 0.4) is 0 Å². The van der Waals surface area contributed by atoms with Crippen molar-refractivity contribution in [3.63, 3.8) is 0 Å². The smallest absolute Gasteiger partial charge is 0.357 e. The van der Waals surface area contributed by atoms with Crippen LogP contribution in [-0.2, 0) is 13.0 Å². The van der Waals surface area contributed by atoms with Gasteiger partial charge in [-0.2, -0.15) is 5.10 Å². The third-order valence-electron chi connectivity index (χ3n) is 3.17. The van der Waals surface area contributed by atoms with Crippen molar-refractivity contribution in [1.29, 1.82) is 0 Å². The number of para-hydroxylation sites is 1. The van der Waals surface area contributed by atoms with Gasteiger partial charge in [0.15, 0.2) is 5.69 Å². The van der Waals surface area contributed by atoms with Gasteiger partial charge in [-0.05, 0) is 18.2 Å². The van der Waals surface area contributed by atoms with Gasteiger partial charge >= 0.3 is 5.97 Å². The summed E-state index contributed by atoms with van der Waals surface area (Å²) >= 11 is 0. The molecule has 0 bridgehead atoms. The van der Waals surface area contributed by atoms with Crippen LogP contribution in [-0.4, -0.2) is 25.8 Å². The molecule has 0 saturated carbocycles. The summed E-state index contributed by atoms with van der Waals surface area (Å²) in [7, 11) is 0. The highest BCUT2D eigenvalue weighted by Crippen LogP contribution is 2.18. The van der Waals surface area contributed by atoms with Gasteiger partial charge < -0.3 is 5.11 Å². The Morgan fingerprint density at radius 2 is 1.95 bits per heavy atom. The van der Waals surface area contributed by atoms with E-state index in [9.17, 15) is 9.90 Å². The fraction of sp³-hybridized carbons (Fsp3) is 0.133. The molecule has 0 saturated heterocycles. The molecule has 3 aromatic rings. The number of carbonyl (C=O) groups is 1. The minimum Gasteiger partial charge on any atom is -0.476 e. The maximum absolute atomic E-state index is 11.2. The first-order valence-electron chi connectivity index (χ1n) is 6.34. The van der Waals surface area contributed by atoms with Crippen molar-refractivity contribution in [1.82, 2.24) is 14.8 Å². The number of aromatic nitrogens is 3. The summed E-state index contributed by atoms with van der Waals surface area (Å²) in [5.74, 6) is -1.00. The summed E-state index contributed by atoms with van der Waals surface area (Å²) in [4.78, 5) is 15.5. The number of carboxylic acids is 1. The average Bonchev–Trinajstić information content (AvgIpc) is 2.85. The maximum atomic E-state index is 11.2. The minimum absolute atomic E-state index is 0.0987. The van der Waals surface area contributed by atoms with E-state index in [4.69, 9.17) is 0 Å². The van der Waals surface area contributed by atoms with E-state index in [-0.39, 0.29) is 5.69 Å². The van der Waals surface area contributed by atoms with Crippen molar-refractivity contribution in [2.45, 2.75) is 13.0 Å². The first-order chi connectivity index (χ1) is 9.75.